The third-order valence-electron chi connectivity index (χ3n) is 2.76. The highest BCUT2D eigenvalue weighted by atomic mass is 79.9. The van der Waals surface area contributed by atoms with E-state index in [9.17, 15) is 5.11 Å². The summed E-state index contributed by atoms with van der Waals surface area (Å²) in [5.41, 5.74) is 1.58. The van der Waals surface area contributed by atoms with E-state index in [2.05, 4.69) is 55.9 Å². The smallest absolute Gasteiger partial charge is 0.129 e. The molecule has 0 spiro atoms. The number of nitrogens with one attached hydrogen (secondary N) is 1. The molecule has 0 saturated heterocycles. The summed E-state index contributed by atoms with van der Waals surface area (Å²) in [5, 5.41) is 13.0. The molecule has 2 N–H and O–H groups in total. The minimum Gasteiger partial charge on any atom is -0.507 e. The molecule has 1 rings (SSSR count). The van der Waals surface area contributed by atoms with Crippen LogP contribution in [0.15, 0.2) is 22.7 Å². The molecule has 0 heterocycles. The number of hydrogen-bond donors (Lipinski definition) is 2. The van der Waals surface area contributed by atoms with Gasteiger partial charge in [-0.1, -0.05) is 26.8 Å². The highest BCUT2D eigenvalue weighted by molar-refractivity contribution is 9.10. The maximum Gasteiger partial charge on any atom is 0.129 e. The van der Waals surface area contributed by atoms with E-state index in [1.165, 1.54) is 5.56 Å². The summed E-state index contributed by atoms with van der Waals surface area (Å²) in [6, 6.07) is 5.62. The Hall–Kier alpha value is -0.540. The molecule has 0 aliphatic carbocycles. The Balaban J connectivity index is 2.61. The predicted octanol–water partition coefficient (Wildman–Crippen LogP) is 4.46. The first-order valence-corrected chi connectivity index (χ1v) is 7.11. The van der Waals surface area contributed by atoms with Gasteiger partial charge in [0.05, 0.1) is 4.47 Å². The van der Waals surface area contributed by atoms with E-state index < -0.39 is 0 Å². The molecule has 0 aliphatic heterocycles. The van der Waals surface area contributed by atoms with Crippen molar-refractivity contribution in [3.8, 4) is 5.75 Å². The highest BCUT2D eigenvalue weighted by Crippen LogP contribution is 2.28. The van der Waals surface area contributed by atoms with Crippen molar-refractivity contribution in [2.75, 3.05) is 0 Å². The lowest BCUT2D eigenvalue weighted by atomic mass is 9.82. The van der Waals surface area contributed by atoms with Crippen LogP contribution in [0.4, 0.5) is 0 Å². The number of aromatic hydroxyl groups is 1. The fraction of sp³-hybridized carbons (Fsp3) is 0.600. The van der Waals surface area contributed by atoms with E-state index >= 15 is 0 Å². The van der Waals surface area contributed by atoms with E-state index in [4.69, 9.17) is 0 Å². The van der Waals surface area contributed by atoms with Crippen LogP contribution in [0, 0.1) is 5.41 Å². The fourth-order valence-corrected chi connectivity index (χ4v) is 2.82. The molecule has 0 amide bonds. The molecule has 0 aliphatic rings. The summed E-state index contributed by atoms with van der Waals surface area (Å²) in [6.07, 6.45) is 1.11. The Labute approximate surface area is 119 Å². The Bertz CT molecular complexity index is 407. The zero-order chi connectivity index (χ0) is 14.0. The second-order valence-corrected chi connectivity index (χ2v) is 7.61. The summed E-state index contributed by atoms with van der Waals surface area (Å²) >= 11 is 3.34. The average Bonchev–Trinajstić information content (AvgIpc) is 2.16. The largest absolute Gasteiger partial charge is 0.507 e. The van der Waals surface area contributed by atoms with Gasteiger partial charge in [0, 0.05) is 12.1 Å². The molecule has 0 unspecified atom stereocenters. The van der Waals surface area contributed by atoms with Crippen LogP contribution in [0.5, 0.6) is 5.75 Å². The van der Waals surface area contributed by atoms with Crippen LogP contribution < -0.4 is 5.32 Å². The van der Waals surface area contributed by atoms with Gasteiger partial charge in [-0.3, -0.25) is 0 Å². The van der Waals surface area contributed by atoms with Crippen LogP contribution in [-0.4, -0.2) is 10.6 Å². The summed E-state index contributed by atoms with van der Waals surface area (Å²) < 4.78 is 0.746. The third kappa shape index (κ3) is 5.40. The summed E-state index contributed by atoms with van der Waals surface area (Å²) in [6.45, 7) is 12.0. The molecule has 0 aromatic heterocycles. The quantitative estimate of drug-likeness (QED) is 0.860. The SMILES string of the molecule is CC(C)(C)CC(C)(C)NCc1ccc(O)c(Br)c1. The van der Waals surface area contributed by atoms with Crippen molar-refractivity contribution < 1.29 is 5.11 Å². The lowest BCUT2D eigenvalue weighted by molar-refractivity contribution is 0.240. The number of hydrogen-bond acceptors (Lipinski definition) is 2. The molecule has 0 saturated carbocycles. The lowest BCUT2D eigenvalue weighted by Gasteiger charge is -2.33. The molecule has 0 atom stereocenters. The Morgan fingerprint density at radius 1 is 1.17 bits per heavy atom. The number of rotatable bonds is 4. The van der Waals surface area contributed by atoms with Crippen molar-refractivity contribution in [3.63, 3.8) is 0 Å². The minimum atomic E-state index is 0.0998. The number of halogens is 1. The van der Waals surface area contributed by atoms with Crippen LogP contribution >= 0.6 is 15.9 Å². The first kappa shape index (κ1) is 15.5. The van der Waals surface area contributed by atoms with E-state index in [1.807, 2.05) is 12.1 Å². The Morgan fingerprint density at radius 2 is 1.78 bits per heavy atom. The summed E-state index contributed by atoms with van der Waals surface area (Å²) in [5.74, 6) is 0.285. The molecule has 18 heavy (non-hydrogen) atoms. The lowest BCUT2D eigenvalue weighted by Crippen LogP contribution is -2.41. The minimum absolute atomic E-state index is 0.0998. The third-order valence-corrected chi connectivity index (χ3v) is 3.39. The predicted molar refractivity (Wildman–Crippen MR) is 80.8 cm³/mol. The normalized spacial score (nSPS) is 12.8. The zero-order valence-electron chi connectivity index (χ0n) is 12.0. The molecule has 102 valence electrons. The first-order chi connectivity index (χ1) is 8.09. The molecular formula is C15H24BrNO. The Morgan fingerprint density at radius 3 is 2.28 bits per heavy atom. The maximum absolute atomic E-state index is 9.46. The van der Waals surface area contributed by atoms with Gasteiger partial charge in [-0.05, 0) is 59.3 Å². The molecule has 1 aromatic carbocycles. The number of phenols is 1. The molecular weight excluding hydrogens is 290 g/mol. The van der Waals surface area contributed by atoms with Crippen LogP contribution in [0.25, 0.3) is 0 Å². The van der Waals surface area contributed by atoms with Crippen LogP contribution in [0.1, 0.15) is 46.6 Å². The van der Waals surface area contributed by atoms with Gasteiger partial charge in [-0.2, -0.15) is 0 Å². The topological polar surface area (TPSA) is 32.3 Å². The van der Waals surface area contributed by atoms with Crippen LogP contribution in [-0.2, 0) is 6.54 Å². The monoisotopic (exact) mass is 313 g/mol. The maximum atomic E-state index is 9.46. The standard InChI is InChI=1S/C15H24BrNO/c1-14(2,3)10-15(4,5)17-9-11-6-7-13(18)12(16)8-11/h6-8,17-18H,9-10H2,1-5H3. The fourth-order valence-electron chi connectivity index (χ4n) is 2.39. The van der Waals surface area contributed by atoms with Gasteiger partial charge >= 0.3 is 0 Å². The van der Waals surface area contributed by atoms with Crippen molar-refractivity contribution >= 4 is 15.9 Å². The highest BCUT2D eigenvalue weighted by Gasteiger charge is 2.24. The van der Waals surface area contributed by atoms with Gasteiger partial charge in [-0.15, -0.1) is 0 Å². The van der Waals surface area contributed by atoms with Crippen molar-refractivity contribution in [1.29, 1.82) is 0 Å². The van der Waals surface area contributed by atoms with Crippen molar-refractivity contribution in [1.82, 2.24) is 5.32 Å². The van der Waals surface area contributed by atoms with Gasteiger partial charge in [-0.25, -0.2) is 0 Å². The molecule has 3 heteroatoms. The van der Waals surface area contributed by atoms with E-state index in [-0.39, 0.29) is 11.3 Å². The summed E-state index contributed by atoms with van der Waals surface area (Å²) in [4.78, 5) is 0. The summed E-state index contributed by atoms with van der Waals surface area (Å²) in [7, 11) is 0. The van der Waals surface area contributed by atoms with Gasteiger partial charge in [0.2, 0.25) is 0 Å². The number of phenolic OH excluding ortho intramolecular Hbond substituents is 1. The van der Waals surface area contributed by atoms with Crippen molar-refractivity contribution in [3.05, 3.63) is 28.2 Å². The second-order valence-electron chi connectivity index (χ2n) is 6.76. The van der Waals surface area contributed by atoms with Gasteiger partial charge < -0.3 is 10.4 Å². The van der Waals surface area contributed by atoms with Gasteiger partial charge in [0.1, 0.15) is 5.75 Å². The van der Waals surface area contributed by atoms with Crippen LogP contribution in [0.2, 0.25) is 0 Å². The van der Waals surface area contributed by atoms with Crippen molar-refractivity contribution in [2.24, 2.45) is 5.41 Å². The molecule has 0 bridgehead atoms. The first-order valence-electron chi connectivity index (χ1n) is 6.31. The Kier molecular flexibility index (Phi) is 4.84. The van der Waals surface area contributed by atoms with Gasteiger partial charge in [0.15, 0.2) is 0 Å². The van der Waals surface area contributed by atoms with E-state index in [1.54, 1.807) is 6.07 Å². The average molecular weight is 314 g/mol. The van der Waals surface area contributed by atoms with E-state index in [0.717, 1.165) is 17.4 Å². The zero-order valence-corrected chi connectivity index (χ0v) is 13.6. The van der Waals surface area contributed by atoms with Gasteiger partial charge in [0.25, 0.3) is 0 Å². The molecule has 2 nitrogen and oxygen atoms in total. The van der Waals surface area contributed by atoms with E-state index in [0.29, 0.717) is 5.41 Å². The van der Waals surface area contributed by atoms with Crippen LogP contribution in [0.3, 0.4) is 0 Å². The van der Waals surface area contributed by atoms with Crippen molar-refractivity contribution in [2.45, 2.75) is 53.1 Å². The number of benzene rings is 1. The molecule has 1 aromatic rings. The molecule has 0 fully saturated rings. The molecule has 0 radical (unpaired) electrons. The second kappa shape index (κ2) is 5.62.